The highest BCUT2D eigenvalue weighted by Crippen LogP contribution is 2.43. The number of nitrogens with one attached hydrogen (secondary N) is 1. The van der Waals surface area contributed by atoms with Gasteiger partial charge < -0.3 is 20.7 Å². The molecule has 3 N–H and O–H groups in total. The molecule has 3 aromatic heterocycles. The fourth-order valence-electron chi connectivity index (χ4n) is 5.59. The van der Waals surface area contributed by atoms with Crippen LogP contribution in [0.15, 0.2) is 42.9 Å². The number of amides is 2. The van der Waals surface area contributed by atoms with E-state index in [0.717, 1.165) is 36.6 Å². The molecule has 2 amide bonds. The van der Waals surface area contributed by atoms with E-state index in [1.807, 2.05) is 12.1 Å². The van der Waals surface area contributed by atoms with Gasteiger partial charge in [0.05, 0.1) is 42.2 Å². The quantitative estimate of drug-likeness (QED) is 0.553. The first-order chi connectivity index (χ1) is 17.7. The monoisotopic (exact) mass is 513 g/mol. The second-order valence-corrected chi connectivity index (χ2v) is 9.91. The summed E-state index contributed by atoms with van der Waals surface area (Å²) >= 11 is 0. The van der Waals surface area contributed by atoms with Crippen LogP contribution in [0.2, 0.25) is 0 Å². The molecule has 2 aliphatic heterocycles. The molecule has 5 heterocycles. The maximum Gasteiger partial charge on any atom is 0.419 e. The number of hydrogen-bond acceptors (Lipinski definition) is 6. The SMILES string of the molecule is Nc1ncc(-c2cc3n(n2)CCO[C@@]32CCN(C(=O)NC3(c4ccncc4)CCC3)C2)cc1C(F)(F)F. The summed E-state index contributed by atoms with van der Waals surface area (Å²) in [5, 5.41) is 7.79. The molecule has 3 aliphatic rings. The number of ether oxygens (including phenoxy) is 1. The molecule has 3 aromatic rings. The summed E-state index contributed by atoms with van der Waals surface area (Å²) in [6.45, 7) is 1.66. The number of alkyl halides is 3. The molecule has 1 saturated carbocycles. The maximum atomic E-state index is 13.4. The molecule has 2 fully saturated rings. The van der Waals surface area contributed by atoms with E-state index in [-0.39, 0.29) is 11.6 Å². The van der Waals surface area contributed by atoms with Crippen molar-refractivity contribution in [2.45, 2.75) is 49.5 Å². The lowest BCUT2D eigenvalue weighted by Gasteiger charge is -2.44. The highest BCUT2D eigenvalue weighted by atomic mass is 19.4. The molecule has 0 aromatic carbocycles. The average molecular weight is 514 g/mol. The first-order valence-corrected chi connectivity index (χ1v) is 12.2. The van der Waals surface area contributed by atoms with Crippen LogP contribution in [0, 0.1) is 0 Å². The Bertz CT molecular complexity index is 1340. The van der Waals surface area contributed by atoms with Crippen LogP contribution in [0.1, 0.15) is 42.5 Å². The number of carbonyl (C=O) groups is 1. The number of carbonyl (C=O) groups excluding carboxylic acids is 1. The zero-order valence-corrected chi connectivity index (χ0v) is 20.0. The Hall–Kier alpha value is -3.67. The summed E-state index contributed by atoms with van der Waals surface area (Å²) in [7, 11) is 0. The number of fused-ring (bicyclic) bond motifs is 2. The summed E-state index contributed by atoms with van der Waals surface area (Å²) in [5.74, 6) is -0.575. The van der Waals surface area contributed by atoms with Gasteiger partial charge in [-0.15, -0.1) is 0 Å². The fraction of sp³-hybridized carbons (Fsp3) is 0.440. The van der Waals surface area contributed by atoms with Crippen molar-refractivity contribution in [2.75, 3.05) is 25.4 Å². The zero-order valence-electron chi connectivity index (χ0n) is 20.0. The van der Waals surface area contributed by atoms with Crippen molar-refractivity contribution >= 4 is 11.8 Å². The Morgan fingerprint density at radius 3 is 2.62 bits per heavy atom. The molecule has 0 radical (unpaired) electrons. The van der Waals surface area contributed by atoms with Crippen LogP contribution in [0.5, 0.6) is 0 Å². The highest BCUT2D eigenvalue weighted by molar-refractivity contribution is 5.76. The molecule has 1 atom stereocenters. The van der Waals surface area contributed by atoms with Crippen LogP contribution in [0.25, 0.3) is 11.3 Å². The molecule has 9 nitrogen and oxygen atoms in total. The summed E-state index contributed by atoms with van der Waals surface area (Å²) in [5.41, 5.74) is 5.65. The zero-order chi connectivity index (χ0) is 25.8. The Morgan fingerprint density at radius 1 is 1.14 bits per heavy atom. The third kappa shape index (κ3) is 3.99. The van der Waals surface area contributed by atoms with Crippen molar-refractivity contribution in [3.63, 3.8) is 0 Å². The van der Waals surface area contributed by atoms with Gasteiger partial charge >= 0.3 is 12.2 Å². The van der Waals surface area contributed by atoms with Gasteiger partial charge in [-0.1, -0.05) is 0 Å². The van der Waals surface area contributed by atoms with E-state index in [1.54, 1.807) is 28.0 Å². The molecule has 37 heavy (non-hydrogen) atoms. The average Bonchev–Trinajstić information content (AvgIpc) is 3.48. The van der Waals surface area contributed by atoms with Gasteiger partial charge in [-0.3, -0.25) is 9.67 Å². The number of pyridine rings is 2. The molecule has 0 unspecified atom stereocenters. The number of rotatable bonds is 3. The van der Waals surface area contributed by atoms with Gasteiger partial charge in [0.2, 0.25) is 0 Å². The third-order valence-electron chi connectivity index (χ3n) is 7.75. The predicted molar refractivity (Wildman–Crippen MR) is 127 cm³/mol. The topological polar surface area (TPSA) is 111 Å². The summed E-state index contributed by atoms with van der Waals surface area (Å²) in [6, 6.07) is 6.41. The number of aromatic nitrogens is 4. The number of nitrogens with two attached hydrogens (primary N) is 1. The van der Waals surface area contributed by atoms with E-state index < -0.39 is 28.7 Å². The third-order valence-corrected chi connectivity index (χ3v) is 7.75. The van der Waals surface area contributed by atoms with E-state index in [9.17, 15) is 18.0 Å². The Kier molecular flexibility index (Phi) is 5.41. The van der Waals surface area contributed by atoms with Crippen molar-refractivity contribution < 1.29 is 22.7 Å². The van der Waals surface area contributed by atoms with Gasteiger partial charge in [0.25, 0.3) is 0 Å². The highest BCUT2D eigenvalue weighted by Gasteiger charge is 2.49. The standard InChI is InChI=1S/C25H26F3N7O2/c26-25(27,28)18-12-16(14-31-21(18)29)19-13-20-24(37-11-10-35(20)33-19)6-9-34(15-24)22(36)32-23(4-1-5-23)17-2-7-30-8-3-17/h2-3,7-8,12-14H,1,4-6,9-11,15H2,(H2,29,31)(H,32,36)/t24-/m1/s1. The molecule has 1 aliphatic carbocycles. The molecular weight excluding hydrogens is 487 g/mol. The molecule has 0 bridgehead atoms. The predicted octanol–water partition coefficient (Wildman–Crippen LogP) is 3.66. The number of urea groups is 1. The van der Waals surface area contributed by atoms with E-state index in [0.29, 0.717) is 38.4 Å². The molecule has 1 saturated heterocycles. The number of nitrogen functional groups attached to an aromatic ring is 1. The normalized spacial score (nSPS) is 22.5. The van der Waals surface area contributed by atoms with Crippen molar-refractivity contribution in [3.05, 3.63) is 59.7 Å². The lowest BCUT2D eigenvalue weighted by Crippen LogP contribution is -2.55. The Morgan fingerprint density at radius 2 is 1.92 bits per heavy atom. The lowest BCUT2D eigenvalue weighted by molar-refractivity contribution is -0.137. The van der Waals surface area contributed by atoms with E-state index in [1.165, 1.54) is 6.20 Å². The molecular formula is C25H26F3N7O2. The van der Waals surface area contributed by atoms with Crippen LogP contribution in [-0.4, -0.2) is 50.4 Å². The van der Waals surface area contributed by atoms with E-state index in [4.69, 9.17) is 10.5 Å². The van der Waals surface area contributed by atoms with Crippen LogP contribution in [0.4, 0.5) is 23.8 Å². The van der Waals surface area contributed by atoms with Crippen LogP contribution >= 0.6 is 0 Å². The number of halogens is 3. The van der Waals surface area contributed by atoms with Gasteiger partial charge in [0, 0.05) is 37.1 Å². The van der Waals surface area contributed by atoms with E-state index in [2.05, 4.69) is 20.4 Å². The van der Waals surface area contributed by atoms with Gasteiger partial charge in [0.1, 0.15) is 11.4 Å². The Balaban J connectivity index is 1.24. The second-order valence-electron chi connectivity index (χ2n) is 9.91. The van der Waals surface area contributed by atoms with Gasteiger partial charge in [-0.05, 0) is 49.1 Å². The summed E-state index contributed by atoms with van der Waals surface area (Å²) in [6.07, 6.45) is 3.45. The van der Waals surface area contributed by atoms with Gasteiger partial charge in [-0.25, -0.2) is 9.78 Å². The number of anilines is 1. The minimum absolute atomic E-state index is 0.161. The van der Waals surface area contributed by atoms with E-state index >= 15 is 0 Å². The van der Waals surface area contributed by atoms with Crippen molar-refractivity contribution in [2.24, 2.45) is 0 Å². The lowest BCUT2D eigenvalue weighted by atomic mass is 9.72. The fourth-order valence-corrected chi connectivity index (χ4v) is 5.59. The van der Waals surface area contributed by atoms with Crippen molar-refractivity contribution in [1.82, 2.24) is 30.0 Å². The van der Waals surface area contributed by atoms with Crippen LogP contribution in [-0.2, 0) is 28.6 Å². The minimum Gasteiger partial charge on any atom is -0.383 e. The molecule has 6 rings (SSSR count). The molecule has 12 heteroatoms. The second kappa shape index (κ2) is 8.44. The van der Waals surface area contributed by atoms with Gasteiger partial charge in [-0.2, -0.15) is 18.3 Å². The number of nitrogens with zero attached hydrogens (tertiary/aromatic N) is 5. The maximum absolute atomic E-state index is 13.4. The molecule has 194 valence electrons. The first kappa shape index (κ1) is 23.7. The molecule has 1 spiro atoms. The van der Waals surface area contributed by atoms with Crippen molar-refractivity contribution in [3.8, 4) is 11.3 Å². The van der Waals surface area contributed by atoms with Crippen LogP contribution < -0.4 is 11.1 Å². The van der Waals surface area contributed by atoms with Crippen LogP contribution in [0.3, 0.4) is 0 Å². The summed E-state index contributed by atoms with van der Waals surface area (Å²) < 4.78 is 48.1. The minimum atomic E-state index is -4.62. The smallest absolute Gasteiger partial charge is 0.383 e. The Labute approximate surface area is 210 Å². The van der Waals surface area contributed by atoms with Crippen molar-refractivity contribution in [1.29, 1.82) is 0 Å². The van der Waals surface area contributed by atoms with Gasteiger partial charge in [0.15, 0.2) is 0 Å². The number of likely N-dealkylation sites (tertiary alicyclic amines) is 1. The first-order valence-electron chi connectivity index (χ1n) is 12.2. The summed E-state index contributed by atoms with van der Waals surface area (Å²) in [4.78, 5) is 22.9. The largest absolute Gasteiger partial charge is 0.419 e. The number of hydrogen-bond donors (Lipinski definition) is 2.